The average molecular weight is 261 g/mol. The molecule has 1 aromatic carbocycles. The van der Waals surface area contributed by atoms with E-state index in [0.717, 1.165) is 24.2 Å². The van der Waals surface area contributed by atoms with Crippen LogP contribution in [0.1, 0.15) is 31.7 Å². The van der Waals surface area contributed by atoms with Crippen molar-refractivity contribution in [3.05, 3.63) is 29.8 Å². The molecule has 1 aliphatic carbocycles. The number of amides is 1. The van der Waals surface area contributed by atoms with Gasteiger partial charge in [0, 0.05) is 12.5 Å². The van der Waals surface area contributed by atoms with E-state index in [1.807, 2.05) is 24.3 Å². The van der Waals surface area contributed by atoms with Gasteiger partial charge < -0.3 is 10.1 Å². The molecule has 1 N–H and O–H groups in total. The van der Waals surface area contributed by atoms with E-state index >= 15 is 0 Å². The molecule has 19 heavy (non-hydrogen) atoms. The van der Waals surface area contributed by atoms with E-state index < -0.39 is 0 Å². The van der Waals surface area contributed by atoms with Gasteiger partial charge in [-0.2, -0.15) is 0 Å². The Bertz CT molecular complexity index is 449. The second-order valence-corrected chi connectivity index (χ2v) is 4.96. The Morgan fingerprint density at radius 1 is 1.26 bits per heavy atom. The first-order chi connectivity index (χ1) is 9.13. The first-order valence-electron chi connectivity index (χ1n) is 6.64. The quantitative estimate of drug-likeness (QED) is 0.815. The average Bonchev–Trinajstić information content (AvgIpc) is 3.14. The van der Waals surface area contributed by atoms with Crippen molar-refractivity contribution in [3.63, 3.8) is 0 Å². The number of Topliss-reactive ketones (excluding diaryl/α,β-unsaturated/α-hetero) is 1. The third kappa shape index (κ3) is 5.12. The molecule has 0 spiro atoms. The van der Waals surface area contributed by atoms with Crippen molar-refractivity contribution in [1.82, 2.24) is 5.32 Å². The van der Waals surface area contributed by atoms with E-state index in [0.29, 0.717) is 25.5 Å². The number of ether oxygens (including phenoxy) is 1. The Hall–Kier alpha value is -1.84. The van der Waals surface area contributed by atoms with Crippen molar-refractivity contribution in [2.75, 3.05) is 6.61 Å². The number of carbonyl (C=O) groups excluding carboxylic acids is 2. The molecule has 0 aliphatic heterocycles. The molecule has 1 saturated carbocycles. The molecule has 1 aromatic rings. The molecule has 4 heteroatoms. The standard InChI is InChI=1S/C15H19NO3/c1-11(17)10-12-2-6-14(7-3-12)19-9-8-15(18)16-13-4-5-13/h2-3,6-7,13H,4-5,8-10H2,1H3,(H,16,18). The van der Waals surface area contributed by atoms with E-state index in [4.69, 9.17) is 4.74 Å². The van der Waals surface area contributed by atoms with Crippen LogP contribution in [0.25, 0.3) is 0 Å². The number of hydrogen-bond acceptors (Lipinski definition) is 3. The van der Waals surface area contributed by atoms with Crippen LogP contribution in [0.5, 0.6) is 5.75 Å². The molecule has 0 unspecified atom stereocenters. The van der Waals surface area contributed by atoms with Gasteiger partial charge in [0.2, 0.25) is 5.91 Å². The summed E-state index contributed by atoms with van der Waals surface area (Å²) in [7, 11) is 0. The largest absolute Gasteiger partial charge is 0.493 e. The van der Waals surface area contributed by atoms with Gasteiger partial charge in [-0.25, -0.2) is 0 Å². The van der Waals surface area contributed by atoms with Crippen molar-refractivity contribution >= 4 is 11.7 Å². The maximum atomic E-state index is 11.4. The summed E-state index contributed by atoms with van der Waals surface area (Å²) in [5.74, 6) is 0.924. The summed E-state index contributed by atoms with van der Waals surface area (Å²) in [5.41, 5.74) is 0.978. The van der Waals surface area contributed by atoms with Gasteiger partial charge in [0.1, 0.15) is 11.5 Å². The molecule has 0 atom stereocenters. The van der Waals surface area contributed by atoms with Crippen LogP contribution >= 0.6 is 0 Å². The van der Waals surface area contributed by atoms with Crippen molar-refractivity contribution in [2.45, 2.75) is 38.6 Å². The van der Waals surface area contributed by atoms with Gasteiger partial charge in [0.05, 0.1) is 13.0 Å². The Labute approximate surface area is 113 Å². The fourth-order valence-electron chi connectivity index (χ4n) is 1.78. The van der Waals surface area contributed by atoms with Crippen molar-refractivity contribution in [1.29, 1.82) is 0 Å². The molecule has 1 amide bonds. The van der Waals surface area contributed by atoms with E-state index in [1.165, 1.54) is 0 Å². The number of ketones is 1. The van der Waals surface area contributed by atoms with Crippen molar-refractivity contribution < 1.29 is 14.3 Å². The highest BCUT2D eigenvalue weighted by Crippen LogP contribution is 2.18. The molecule has 0 radical (unpaired) electrons. The number of rotatable bonds is 7. The Kier molecular flexibility index (Phi) is 4.55. The van der Waals surface area contributed by atoms with E-state index in [1.54, 1.807) is 6.92 Å². The molecule has 0 bridgehead atoms. The zero-order valence-electron chi connectivity index (χ0n) is 11.1. The molecular weight excluding hydrogens is 242 g/mol. The molecule has 1 fully saturated rings. The minimum absolute atomic E-state index is 0.0516. The third-order valence-corrected chi connectivity index (χ3v) is 2.92. The smallest absolute Gasteiger partial charge is 0.223 e. The maximum Gasteiger partial charge on any atom is 0.223 e. The Balaban J connectivity index is 1.70. The molecule has 2 rings (SSSR count). The number of carbonyl (C=O) groups is 2. The molecule has 102 valence electrons. The summed E-state index contributed by atoms with van der Waals surface area (Å²) in [4.78, 5) is 22.4. The summed E-state index contributed by atoms with van der Waals surface area (Å²) < 4.78 is 5.49. The predicted octanol–water partition coefficient (Wildman–Crippen LogP) is 1.87. The lowest BCUT2D eigenvalue weighted by Gasteiger charge is -2.07. The van der Waals surface area contributed by atoms with Crippen LogP contribution in [-0.4, -0.2) is 24.3 Å². The zero-order valence-corrected chi connectivity index (χ0v) is 11.1. The van der Waals surface area contributed by atoms with Gasteiger partial charge in [-0.1, -0.05) is 12.1 Å². The van der Waals surface area contributed by atoms with Gasteiger partial charge in [-0.3, -0.25) is 9.59 Å². The first-order valence-corrected chi connectivity index (χ1v) is 6.64. The van der Waals surface area contributed by atoms with Crippen LogP contribution in [0.3, 0.4) is 0 Å². The molecule has 0 aromatic heterocycles. The fraction of sp³-hybridized carbons (Fsp3) is 0.467. The number of benzene rings is 1. The monoisotopic (exact) mass is 261 g/mol. The van der Waals surface area contributed by atoms with E-state index in [-0.39, 0.29) is 11.7 Å². The van der Waals surface area contributed by atoms with Crippen LogP contribution in [0.15, 0.2) is 24.3 Å². The van der Waals surface area contributed by atoms with Gasteiger partial charge >= 0.3 is 0 Å². The van der Waals surface area contributed by atoms with Gasteiger partial charge in [0.25, 0.3) is 0 Å². The van der Waals surface area contributed by atoms with Crippen LogP contribution in [-0.2, 0) is 16.0 Å². The molecular formula is C15H19NO3. The Morgan fingerprint density at radius 3 is 2.53 bits per heavy atom. The second-order valence-electron chi connectivity index (χ2n) is 4.96. The Morgan fingerprint density at radius 2 is 1.95 bits per heavy atom. The SMILES string of the molecule is CC(=O)Cc1ccc(OCCC(=O)NC2CC2)cc1. The second kappa shape index (κ2) is 6.36. The zero-order chi connectivity index (χ0) is 13.7. The first kappa shape index (κ1) is 13.6. The normalized spacial score (nSPS) is 13.9. The maximum absolute atomic E-state index is 11.4. The lowest BCUT2D eigenvalue weighted by atomic mass is 10.1. The highest BCUT2D eigenvalue weighted by molar-refractivity contribution is 5.78. The molecule has 0 heterocycles. The topological polar surface area (TPSA) is 55.4 Å². The minimum Gasteiger partial charge on any atom is -0.493 e. The van der Waals surface area contributed by atoms with Crippen LogP contribution in [0.2, 0.25) is 0 Å². The molecule has 0 saturated heterocycles. The van der Waals surface area contributed by atoms with Crippen molar-refractivity contribution in [3.8, 4) is 5.75 Å². The van der Waals surface area contributed by atoms with Crippen LogP contribution in [0.4, 0.5) is 0 Å². The van der Waals surface area contributed by atoms with E-state index in [2.05, 4.69) is 5.32 Å². The van der Waals surface area contributed by atoms with Gasteiger partial charge in [0.15, 0.2) is 0 Å². The summed E-state index contributed by atoms with van der Waals surface area (Å²) in [6.45, 7) is 1.95. The van der Waals surface area contributed by atoms with E-state index in [9.17, 15) is 9.59 Å². The number of nitrogens with one attached hydrogen (secondary N) is 1. The summed E-state index contributed by atoms with van der Waals surface area (Å²) >= 11 is 0. The van der Waals surface area contributed by atoms with Gasteiger partial charge in [-0.15, -0.1) is 0 Å². The third-order valence-electron chi connectivity index (χ3n) is 2.92. The minimum atomic E-state index is 0.0516. The van der Waals surface area contributed by atoms with Crippen LogP contribution < -0.4 is 10.1 Å². The highest BCUT2D eigenvalue weighted by Gasteiger charge is 2.22. The molecule has 4 nitrogen and oxygen atoms in total. The predicted molar refractivity (Wildman–Crippen MR) is 72.1 cm³/mol. The summed E-state index contributed by atoms with van der Waals surface area (Å²) in [6, 6.07) is 7.81. The summed E-state index contributed by atoms with van der Waals surface area (Å²) in [5, 5.41) is 2.91. The fourth-order valence-corrected chi connectivity index (χ4v) is 1.78. The number of hydrogen-bond donors (Lipinski definition) is 1. The lowest BCUT2D eigenvalue weighted by Crippen LogP contribution is -2.26. The van der Waals surface area contributed by atoms with Crippen LogP contribution in [0, 0.1) is 0 Å². The lowest BCUT2D eigenvalue weighted by molar-refractivity contribution is -0.121. The summed E-state index contributed by atoms with van der Waals surface area (Å²) in [6.07, 6.45) is 3.03. The molecule has 1 aliphatic rings. The van der Waals surface area contributed by atoms with Gasteiger partial charge in [-0.05, 0) is 37.5 Å². The highest BCUT2D eigenvalue weighted by atomic mass is 16.5. The van der Waals surface area contributed by atoms with Crippen molar-refractivity contribution in [2.24, 2.45) is 0 Å².